The third kappa shape index (κ3) is 4.02. The van der Waals surface area contributed by atoms with E-state index in [1.165, 1.54) is 24.0 Å². The minimum absolute atomic E-state index is 0.155. The van der Waals surface area contributed by atoms with Crippen LogP contribution in [0.1, 0.15) is 112 Å². The van der Waals surface area contributed by atoms with Crippen molar-refractivity contribution in [3.63, 3.8) is 0 Å². The number of carbonyl (C=O) groups excluding carboxylic acids is 1. The van der Waals surface area contributed by atoms with Crippen LogP contribution in [0.3, 0.4) is 0 Å². The molecule has 7 atom stereocenters. The van der Waals surface area contributed by atoms with Gasteiger partial charge in [-0.3, -0.25) is 9.59 Å². The summed E-state index contributed by atoms with van der Waals surface area (Å²) in [5.41, 5.74) is 2.92. The number of ketones is 1. The standard InChI is InChI=1S/C30H46O4/c1-6-21(20(3)17-27(32)33)8-7-19(2)24-11-12-25-26-10-9-22-18-23(31)13-14-29(22,5)30(26,34)16-15-28(24,25)4/h18-19,24-26,34H,6-17H2,1-5H3,(H,32,33)/t19-,24-,25+,26+,28-,29+,30-/m1/s1. The molecule has 2 N–H and O–H groups in total. The second kappa shape index (κ2) is 9.22. The monoisotopic (exact) mass is 470 g/mol. The number of allylic oxidation sites excluding steroid dienone is 1. The highest BCUT2D eigenvalue weighted by Crippen LogP contribution is 2.69. The van der Waals surface area contributed by atoms with Crippen LogP contribution in [0.15, 0.2) is 22.8 Å². The molecule has 0 amide bonds. The van der Waals surface area contributed by atoms with E-state index in [1.54, 1.807) is 0 Å². The van der Waals surface area contributed by atoms with E-state index in [0.717, 1.165) is 56.9 Å². The Morgan fingerprint density at radius 1 is 1.12 bits per heavy atom. The van der Waals surface area contributed by atoms with Gasteiger partial charge in [0.05, 0.1) is 12.0 Å². The first-order chi connectivity index (χ1) is 16.0. The Morgan fingerprint density at radius 3 is 2.53 bits per heavy atom. The highest BCUT2D eigenvalue weighted by Gasteiger charge is 2.65. The molecule has 0 aromatic heterocycles. The molecule has 3 fully saturated rings. The number of hydrogen-bond donors (Lipinski definition) is 2. The summed E-state index contributed by atoms with van der Waals surface area (Å²) in [5.74, 6) is 1.66. The number of rotatable bonds is 7. The van der Waals surface area contributed by atoms with Crippen LogP contribution in [0.25, 0.3) is 0 Å². The van der Waals surface area contributed by atoms with Crippen LogP contribution in [0.4, 0.5) is 0 Å². The summed E-state index contributed by atoms with van der Waals surface area (Å²) in [6, 6.07) is 0. The molecule has 4 heteroatoms. The molecule has 0 aromatic carbocycles. The van der Waals surface area contributed by atoms with Crippen molar-refractivity contribution in [3.8, 4) is 0 Å². The largest absolute Gasteiger partial charge is 0.481 e. The molecule has 34 heavy (non-hydrogen) atoms. The molecule has 0 spiro atoms. The topological polar surface area (TPSA) is 74.6 Å². The fraction of sp³-hybridized carbons (Fsp3) is 0.800. The van der Waals surface area contributed by atoms with Crippen LogP contribution < -0.4 is 0 Å². The number of fused-ring (bicyclic) bond motifs is 5. The van der Waals surface area contributed by atoms with Gasteiger partial charge < -0.3 is 10.2 Å². The van der Waals surface area contributed by atoms with E-state index in [4.69, 9.17) is 0 Å². The van der Waals surface area contributed by atoms with Crippen molar-refractivity contribution >= 4 is 11.8 Å². The van der Waals surface area contributed by atoms with Crippen molar-refractivity contribution in [1.82, 2.24) is 0 Å². The van der Waals surface area contributed by atoms with Crippen LogP contribution in [0.2, 0.25) is 0 Å². The van der Waals surface area contributed by atoms with Gasteiger partial charge in [-0.15, -0.1) is 0 Å². The molecule has 4 nitrogen and oxygen atoms in total. The minimum Gasteiger partial charge on any atom is -0.481 e. The first kappa shape index (κ1) is 25.7. The Kier molecular flexibility index (Phi) is 6.96. The van der Waals surface area contributed by atoms with Gasteiger partial charge in [0.1, 0.15) is 0 Å². The average Bonchev–Trinajstić information content (AvgIpc) is 3.12. The van der Waals surface area contributed by atoms with Gasteiger partial charge in [0.25, 0.3) is 0 Å². The Morgan fingerprint density at radius 2 is 1.85 bits per heavy atom. The molecule has 0 unspecified atom stereocenters. The molecule has 4 rings (SSSR count). The fourth-order valence-corrected chi connectivity index (χ4v) is 9.12. The number of carboxylic acids is 1. The van der Waals surface area contributed by atoms with Gasteiger partial charge in [-0.05, 0) is 106 Å². The molecule has 0 bridgehead atoms. The minimum atomic E-state index is -0.737. The summed E-state index contributed by atoms with van der Waals surface area (Å²) in [5, 5.41) is 21.4. The van der Waals surface area contributed by atoms with Gasteiger partial charge in [-0.2, -0.15) is 0 Å². The van der Waals surface area contributed by atoms with E-state index in [9.17, 15) is 19.8 Å². The van der Waals surface area contributed by atoms with Crippen LogP contribution in [-0.2, 0) is 9.59 Å². The third-order valence-electron chi connectivity index (χ3n) is 11.3. The molecule has 0 saturated heterocycles. The lowest BCUT2D eigenvalue weighted by molar-refractivity contribution is -0.193. The lowest BCUT2D eigenvalue weighted by Gasteiger charge is -2.63. The van der Waals surface area contributed by atoms with Crippen molar-refractivity contribution in [1.29, 1.82) is 0 Å². The first-order valence-corrected chi connectivity index (χ1v) is 13.8. The predicted octanol–water partition coefficient (Wildman–Crippen LogP) is 6.87. The van der Waals surface area contributed by atoms with Crippen molar-refractivity contribution in [2.24, 2.45) is 34.5 Å². The highest BCUT2D eigenvalue weighted by atomic mass is 16.4. The normalized spacial score (nSPS) is 41.1. The Hall–Kier alpha value is -1.42. The van der Waals surface area contributed by atoms with Gasteiger partial charge >= 0.3 is 5.97 Å². The molecule has 0 heterocycles. The van der Waals surface area contributed by atoms with E-state index >= 15 is 0 Å². The van der Waals surface area contributed by atoms with Crippen molar-refractivity contribution < 1.29 is 19.8 Å². The van der Waals surface area contributed by atoms with Crippen LogP contribution >= 0.6 is 0 Å². The SMILES string of the molecule is CCC(CC[C@@H](C)[C@H]1CC[C@H]2[C@@H]3CCC4=CC(=O)CC[C@]4(C)[C@@]3(O)CC[C@]12C)=C(C)CC(=O)O. The molecular formula is C30H46O4. The van der Waals surface area contributed by atoms with Crippen molar-refractivity contribution in [3.05, 3.63) is 22.8 Å². The summed E-state index contributed by atoms with van der Waals surface area (Å²) < 4.78 is 0. The summed E-state index contributed by atoms with van der Waals surface area (Å²) in [6.07, 6.45) is 12.8. The van der Waals surface area contributed by atoms with E-state index in [1.807, 2.05) is 13.0 Å². The fourth-order valence-electron chi connectivity index (χ4n) is 9.12. The molecule has 3 saturated carbocycles. The zero-order valence-electron chi connectivity index (χ0n) is 22.1. The van der Waals surface area contributed by atoms with E-state index in [-0.39, 0.29) is 23.0 Å². The molecular weight excluding hydrogens is 424 g/mol. The van der Waals surface area contributed by atoms with E-state index in [0.29, 0.717) is 30.1 Å². The Balaban J connectivity index is 1.50. The summed E-state index contributed by atoms with van der Waals surface area (Å²) in [4.78, 5) is 23.3. The first-order valence-electron chi connectivity index (χ1n) is 13.8. The van der Waals surface area contributed by atoms with E-state index < -0.39 is 11.6 Å². The van der Waals surface area contributed by atoms with E-state index in [2.05, 4.69) is 27.7 Å². The number of hydrogen-bond acceptors (Lipinski definition) is 3. The summed E-state index contributed by atoms with van der Waals surface area (Å²) >= 11 is 0. The van der Waals surface area contributed by atoms with Crippen molar-refractivity contribution in [2.75, 3.05) is 0 Å². The van der Waals surface area contributed by atoms with Gasteiger partial charge in [0, 0.05) is 11.8 Å². The summed E-state index contributed by atoms with van der Waals surface area (Å²) in [6.45, 7) is 11.3. The summed E-state index contributed by atoms with van der Waals surface area (Å²) in [7, 11) is 0. The van der Waals surface area contributed by atoms with Crippen LogP contribution in [0.5, 0.6) is 0 Å². The smallest absolute Gasteiger partial charge is 0.307 e. The number of aliphatic carboxylic acids is 1. The molecule has 0 aromatic rings. The Labute approximate surface area is 206 Å². The molecule has 4 aliphatic carbocycles. The molecule has 0 aliphatic heterocycles. The lowest BCUT2D eigenvalue weighted by atomic mass is 9.44. The maximum absolute atomic E-state index is 12.3. The highest BCUT2D eigenvalue weighted by molar-refractivity contribution is 5.91. The predicted molar refractivity (Wildman–Crippen MR) is 135 cm³/mol. The zero-order valence-corrected chi connectivity index (χ0v) is 22.1. The molecule has 0 radical (unpaired) electrons. The van der Waals surface area contributed by atoms with Gasteiger partial charge in [0.2, 0.25) is 0 Å². The zero-order chi connectivity index (χ0) is 24.9. The van der Waals surface area contributed by atoms with Crippen LogP contribution in [-0.4, -0.2) is 27.6 Å². The number of carbonyl (C=O) groups is 2. The third-order valence-corrected chi connectivity index (χ3v) is 11.3. The number of carboxylic acid groups (broad SMARTS) is 1. The second-order valence-electron chi connectivity index (χ2n) is 12.7. The van der Waals surface area contributed by atoms with Crippen LogP contribution in [0, 0.1) is 34.5 Å². The number of aliphatic hydroxyl groups is 1. The van der Waals surface area contributed by atoms with Gasteiger partial charge in [0.15, 0.2) is 5.78 Å². The average molecular weight is 471 g/mol. The second-order valence-corrected chi connectivity index (χ2v) is 12.7. The van der Waals surface area contributed by atoms with Crippen molar-refractivity contribution in [2.45, 2.75) is 117 Å². The molecule has 190 valence electrons. The maximum Gasteiger partial charge on any atom is 0.307 e. The quantitative estimate of drug-likeness (QED) is 0.398. The lowest BCUT2D eigenvalue weighted by Crippen LogP contribution is -2.63. The Bertz CT molecular complexity index is 899. The van der Waals surface area contributed by atoms with Gasteiger partial charge in [-0.1, -0.05) is 44.4 Å². The maximum atomic E-state index is 12.3. The molecule has 4 aliphatic rings. The van der Waals surface area contributed by atoms with Gasteiger partial charge in [-0.25, -0.2) is 0 Å².